The number of rotatable bonds is 8. The molecule has 0 aromatic carbocycles. The van der Waals surface area contributed by atoms with Crippen LogP contribution < -0.4 is 10.6 Å². The molecule has 0 saturated heterocycles. The van der Waals surface area contributed by atoms with Crippen molar-refractivity contribution in [3.63, 3.8) is 0 Å². The van der Waals surface area contributed by atoms with E-state index in [1.54, 1.807) is 7.11 Å². The van der Waals surface area contributed by atoms with Crippen LogP contribution in [0.15, 0.2) is 0 Å². The Morgan fingerprint density at radius 2 is 1.88 bits per heavy atom. The van der Waals surface area contributed by atoms with Crippen molar-refractivity contribution in [1.82, 2.24) is 10.6 Å². The normalized spacial score (nSPS) is 18.8. The van der Waals surface area contributed by atoms with Crippen LogP contribution in [0, 0.1) is 5.41 Å². The molecule has 0 heterocycles. The van der Waals surface area contributed by atoms with Crippen molar-refractivity contribution in [1.29, 1.82) is 0 Å². The first-order valence-electron chi connectivity index (χ1n) is 6.42. The third kappa shape index (κ3) is 5.83. The lowest BCUT2D eigenvalue weighted by atomic mass is 10.0. The highest BCUT2D eigenvalue weighted by Gasteiger charge is 2.41. The lowest BCUT2D eigenvalue weighted by Crippen LogP contribution is -2.41. The monoisotopic (exact) mass is 228 g/mol. The molecule has 0 aromatic rings. The van der Waals surface area contributed by atoms with Crippen molar-refractivity contribution >= 4 is 0 Å². The molecule has 1 aliphatic rings. The molecule has 0 aliphatic heterocycles. The molecule has 0 bridgehead atoms. The molecular weight excluding hydrogens is 200 g/mol. The van der Waals surface area contributed by atoms with Crippen LogP contribution in [0.3, 0.4) is 0 Å². The maximum atomic E-state index is 5.15. The van der Waals surface area contributed by atoms with E-state index in [0.717, 1.165) is 26.2 Å². The summed E-state index contributed by atoms with van der Waals surface area (Å²) in [4.78, 5) is 0. The first-order valence-corrected chi connectivity index (χ1v) is 6.42. The Morgan fingerprint density at radius 3 is 2.38 bits per heavy atom. The van der Waals surface area contributed by atoms with Crippen LogP contribution in [0.4, 0.5) is 0 Å². The third-order valence-corrected chi connectivity index (χ3v) is 3.25. The topological polar surface area (TPSA) is 33.3 Å². The Balaban J connectivity index is 1.99. The van der Waals surface area contributed by atoms with Gasteiger partial charge in [0.15, 0.2) is 0 Å². The van der Waals surface area contributed by atoms with Gasteiger partial charge in [0.05, 0.1) is 0 Å². The predicted octanol–water partition coefficient (Wildman–Crippen LogP) is 1.78. The van der Waals surface area contributed by atoms with Gasteiger partial charge in [-0.15, -0.1) is 0 Å². The molecule has 0 unspecified atom stereocenters. The van der Waals surface area contributed by atoms with Gasteiger partial charge < -0.3 is 15.4 Å². The highest BCUT2D eigenvalue weighted by Crippen LogP contribution is 2.48. The van der Waals surface area contributed by atoms with Crippen molar-refractivity contribution in [2.75, 3.05) is 33.4 Å². The zero-order valence-electron chi connectivity index (χ0n) is 11.4. The van der Waals surface area contributed by atoms with Gasteiger partial charge in [-0.2, -0.15) is 0 Å². The molecule has 0 spiro atoms. The molecule has 16 heavy (non-hydrogen) atoms. The largest absolute Gasteiger partial charge is 0.385 e. The van der Waals surface area contributed by atoms with Crippen molar-refractivity contribution in [2.45, 2.75) is 45.6 Å². The Labute approximate surface area is 100 Å². The van der Waals surface area contributed by atoms with Crippen LogP contribution in [0.5, 0.6) is 0 Å². The zero-order valence-corrected chi connectivity index (χ0v) is 11.4. The van der Waals surface area contributed by atoms with E-state index < -0.39 is 0 Å². The minimum atomic E-state index is 0.231. The molecule has 0 atom stereocenters. The second kappa shape index (κ2) is 5.99. The Morgan fingerprint density at radius 1 is 1.19 bits per heavy atom. The molecule has 3 heteroatoms. The van der Waals surface area contributed by atoms with E-state index >= 15 is 0 Å². The van der Waals surface area contributed by atoms with Crippen molar-refractivity contribution in [3.05, 3.63) is 0 Å². The number of methoxy groups -OCH3 is 1. The van der Waals surface area contributed by atoms with Gasteiger partial charge in [-0.1, -0.05) is 0 Å². The fourth-order valence-corrected chi connectivity index (χ4v) is 1.89. The number of nitrogens with one attached hydrogen (secondary N) is 2. The van der Waals surface area contributed by atoms with Gasteiger partial charge in [-0.3, -0.25) is 0 Å². The lowest BCUT2D eigenvalue weighted by Gasteiger charge is -2.21. The van der Waals surface area contributed by atoms with Gasteiger partial charge in [0, 0.05) is 38.9 Å². The quantitative estimate of drug-likeness (QED) is 0.621. The van der Waals surface area contributed by atoms with Gasteiger partial charge in [-0.05, 0) is 45.4 Å². The molecule has 1 aliphatic carbocycles. The van der Waals surface area contributed by atoms with E-state index in [2.05, 4.69) is 31.4 Å². The van der Waals surface area contributed by atoms with Gasteiger partial charge in [0.25, 0.3) is 0 Å². The van der Waals surface area contributed by atoms with Gasteiger partial charge in [0.2, 0.25) is 0 Å². The predicted molar refractivity (Wildman–Crippen MR) is 68.8 cm³/mol. The first kappa shape index (κ1) is 13.9. The molecule has 0 aromatic heterocycles. The highest BCUT2D eigenvalue weighted by molar-refractivity contribution is 4.94. The molecule has 2 N–H and O–H groups in total. The van der Waals surface area contributed by atoms with Crippen LogP contribution in [0.2, 0.25) is 0 Å². The van der Waals surface area contributed by atoms with Crippen molar-refractivity contribution in [3.8, 4) is 0 Å². The van der Waals surface area contributed by atoms with E-state index in [1.807, 2.05) is 0 Å². The third-order valence-electron chi connectivity index (χ3n) is 3.25. The summed E-state index contributed by atoms with van der Waals surface area (Å²) in [7, 11) is 1.79. The summed E-state index contributed by atoms with van der Waals surface area (Å²) in [5, 5.41) is 7.04. The maximum Gasteiger partial charge on any atom is 0.0468 e. The summed E-state index contributed by atoms with van der Waals surface area (Å²) in [6.07, 6.45) is 3.95. The zero-order chi connectivity index (χ0) is 12.1. The van der Waals surface area contributed by atoms with Crippen LogP contribution in [0.25, 0.3) is 0 Å². The Kier molecular flexibility index (Phi) is 5.22. The average Bonchev–Trinajstić information content (AvgIpc) is 2.94. The highest BCUT2D eigenvalue weighted by atomic mass is 16.5. The van der Waals surface area contributed by atoms with Crippen molar-refractivity contribution < 1.29 is 4.74 Å². The van der Waals surface area contributed by atoms with E-state index in [-0.39, 0.29) is 5.54 Å². The Hall–Kier alpha value is -0.120. The Bertz CT molecular complexity index is 195. The molecule has 0 amide bonds. The smallest absolute Gasteiger partial charge is 0.0468 e. The summed E-state index contributed by atoms with van der Waals surface area (Å²) >= 11 is 0. The maximum absolute atomic E-state index is 5.15. The first-order chi connectivity index (χ1) is 7.47. The molecule has 3 nitrogen and oxygen atoms in total. The van der Waals surface area contributed by atoms with E-state index in [1.165, 1.54) is 19.3 Å². The second-order valence-electron chi connectivity index (χ2n) is 6.10. The SMILES string of the molecule is COCCC1(CNCCNC(C)(C)C)CC1. The lowest BCUT2D eigenvalue weighted by molar-refractivity contribution is 0.171. The summed E-state index contributed by atoms with van der Waals surface area (Å²) in [5.41, 5.74) is 0.798. The van der Waals surface area contributed by atoms with Crippen molar-refractivity contribution in [2.24, 2.45) is 5.41 Å². The molecule has 96 valence electrons. The standard InChI is InChI=1S/C13H28N2O/c1-12(2,3)15-9-8-14-11-13(5-6-13)7-10-16-4/h14-15H,5-11H2,1-4H3. The fourth-order valence-electron chi connectivity index (χ4n) is 1.89. The van der Waals surface area contributed by atoms with Crippen LogP contribution in [-0.2, 0) is 4.74 Å². The molecular formula is C13H28N2O. The summed E-state index contributed by atoms with van der Waals surface area (Å²) in [5.74, 6) is 0. The molecule has 1 fully saturated rings. The van der Waals surface area contributed by atoms with Gasteiger partial charge in [-0.25, -0.2) is 0 Å². The number of ether oxygens (including phenoxy) is 1. The number of hydrogen-bond donors (Lipinski definition) is 2. The summed E-state index contributed by atoms with van der Waals surface area (Å²) < 4.78 is 5.15. The average molecular weight is 228 g/mol. The second-order valence-corrected chi connectivity index (χ2v) is 6.10. The number of hydrogen-bond acceptors (Lipinski definition) is 3. The van der Waals surface area contributed by atoms with E-state index in [0.29, 0.717) is 5.41 Å². The summed E-state index contributed by atoms with van der Waals surface area (Å²) in [6, 6.07) is 0. The van der Waals surface area contributed by atoms with Crippen LogP contribution >= 0.6 is 0 Å². The minimum Gasteiger partial charge on any atom is -0.385 e. The fraction of sp³-hybridized carbons (Fsp3) is 1.00. The van der Waals surface area contributed by atoms with Gasteiger partial charge >= 0.3 is 0 Å². The van der Waals surface area contributed by atoms with E-state index in [9.17, 15) is 0 Å². The van der Waals surface area contributed by atoms with Crippen LogP contribution in [0.1, 0.15) is 40.0 Å². The van der Waals surface area contributed by atoms with E-state index in [4.69, 9.17) is 4.74 Å². The molecule has 1 rings (SSSR count). The summed E-state index contributed by atoms with van der Waals surface area (Å²) in [6.45, 7) is 10.8. The van der Waals surface area contributed by atoms with Gasteiger partial charge in [0.1, 0.15) is 0 Å². The molecule has 1 saturated carbocycles. The molecule has 0 radical (unpaired) electrons. The van der Waals surface area contributed by atoms with Crippen LogP contribution in [-0.4, -0.2) is 38.9 Å². The minimum absolute atomic E-state index is 0.231.